The smallest absolute Gasteiger partial charge is 0.292 e. The maximum absolute atomic E-state index is 13.0. The molecule has 0 saturated carbocycles. The van der Waals surface area contributed by atoms with Crippen LogP contribution in [0.3, 0.4) is 0 Å². The molecule has 3 N–H and O–H groups in total. The van der Waals surface area contributed by atoms with Gasteiger partial charge in [0.1, 0.15) is 5.69 Å². The van der Waals surface area contributed by atoms with Crippen LogP contribution in [0.2, 0.25) is 4.34 Å². The van der Waals surface area contributed by atoms with Gasteiger partial charge in [0.25, 0.3) is 5.91 Å². The molecule has 0 unspecified atom stereocenters. The van der Waals surface area contributed by atoms with Crippen molar-refractivity contribution >= 4 is 40.4 Å². The zero-order valence-electron chi connectivity index (χ0n) is 14.9. The summed E-state index contributed by atoms with van der Waals surface area (Å²) in [4.78, 5) is 13.8. The largest absolute Gasteiger partial charge is 0.378 e. The van der Waals surface area contributed by atoms with Gasteiger partial charge in [-0.2, -0.15) is 9.78 Å². The molecule has 0 aliphatic rings. The van der Waals surface area contributed by atoms with Gasteiger partial charge in [0.15, 0.2) is 5.69 Å². The first-order valence-corrected chi connectivity index (χ1v) is 9.44. The van der Waals surface area contributed by atoms with Crippen LogP contribution >= 0.6 is 22.9 Å². The highest BCUT2D eigenvalue weighted by Crippen LogP contribution is 2.25. The number of nitrogen functional groups attached to an aromatic ring is 1. The van der Waals surface area contributed by atoms with Gasteiger partial charge in [-0.15, -0.1) is 16.4 Å². The zero-order chi connectivity index (χ0) is 20.4. The first-order valence-electron chi connectivity index (χ1n) is 8.24. The number of nitrogens with zero attached hydrogens (tertiary/aromatic N) is 6. The predicted molar refractivity (Wildman–Crippen MR) is 108 cm³/mol. The molecular weight excluding hydrogens is 416 g/mol. The lowest BCUT2D eigenvalue weighted by molar-refractivity contribution is 0.0947. The molecule has 4 rings (SSSR count). The molecule has 1 amide bonds. The van der Waals surface area contributed by atoms with Crippen molar-refractivity contribution < 1.29 is 9.42 Å². The highest BCUT2D eigenvalue weighted by molar-refractivity contribution is 7.18. The molecule has 0 saturated heterocycles. The fourth-order valence-electron chi connectivity index (χ4n) is 2.51. The Morgan fingerprint density at radius 1 is 1.24 bits per heavy atom. The van der Waals surface area contributed by atoms with E-state index in [-0.39, 0.29) is 17.3 Å². The first-order chi connectivity index (χ1) is 14.0. The Hall–Kier alpha value is -3.57. The second kappa shape index (κ2) is 7.81. The van der Waals surface area contributed by atoms with Crippen molar-refractivity contribution in [2.75, 3.05) is 5.73 Å². The van der Waals surface area contributed by atoms with Crippen LogP contribution in [0.4, 0.5) is 5.82 Å². The molecule has 0 aliphatic heterocycles. The van der Waals surface area contributed by atoms with Crippen LogP contribution < -0.4 is 11.2 Å². The highest BCUT2D eigenvalue weighted by Gasteiger charge is 2.26. The summed E-state index contributed by atoms with van der Waals surface area (Å²) in [6, 6.07) is 12.7. The Morgan fingerprint density at radius 3 is 2.69 bits per heavy atom. The maximum Gasteiger partial charge on any atom is 0.292 e. The van der Waals surface area contributed by atoms with Crippen molar-refractivity contribution in [2.45, 2.75) is 6.92 Å². The van der Waals surface area contributed by atoms with Gasteiger partial charge in [-0.25, -0.2) is 10.1 Å². The number of amides is 1. The van der Waals surface area contributed by atoms with Gasteiger partial charge in [0.2, 0.25) is 11.6 Å². The number of nitrogens with two attached hydrogens (primary N) is 1. The Morgan fingerprint density at radius 2 is 2.03 bits per heavy atom. The number of thiophene rings is 1. The lowest BCUT2D eigenvalue weighted by atomic mass is 10.1. The molecule has 3 heterocycles. The molecule has 0 atom stereocenters. The maximum atomic E-state index is 13.0. The number of halogens is 1. The van der Waals surface area contributed by atoms with Gasteiger partial charge in [0, 0.05) is 5.56 Å². The van der Waals surface area contributed by atoms with Gasteiger partial charge >= 0.3 is 0 Å². The number of hydrogen-bond donors (Lipinski definition) is 2. The van der Waals surface area contributed by atoms with E-state index in [0.717, 1.165) is 9.56 Å². The minimum atomic E-state index is -0.557. The summed E-state index contributed by atoms with van der Waals surface area (Å²) in [7, 11) is 0. The monoisotopic (exact) mass is 428 g/mol. The topological polar surface area (TPSA) is 137 Å². The van der Waals surface area contributed by atoms with Crippen LogP contribution in [0.1, 0.15) is 22.3 Å². The van der Waals surface area contributed by atoms with E-state index in [0.29, 0.717) is 21.3 Å². The van der Waals surface area contributed by atoms with Crippen LogP contribution in [-0.4, -0.2) is 36.9 Å². The van der Waals surface area contributed by atoms with E-state index in [4.69, 9.17) is 17.3 Å². The first kappa shape index (κ1) is 18.8. The minimum absolute atomic E-state index is 0.0310. The Kier molecular flexibility index (Phi) is 5.06. The zero-order valence-corrected chi connectivity index (χ0v) is 16.5. The molecule has 0 fully saturated rings. The third kappa shape index (κ3) is 3.73. The second-order valence-corrected chi connectivity index (χ2v) is 7.49. The van der Waals surface area contributed by atoms with Crippen molar-refractivity contribution in [2.24, 2.45) is 5.10 Å². The number of carbonyl (C=O) groups excluding carboxylic acids is 1. The van der Waals surface area contributed by atoms with Crippen molar-refractivity contribution in [1.82, 2.24) is 30.7 Å². The molecule has 3 aromatic heterocycles. The number of anilines is 1. The summed E-state index contributed by atoms with van der Waals surface area (Å²) in [5, 5.41) is 19.5. The summed E-state index contributed by atoms with van der Waals surface area (Å²) in [6.45, 7) is 1.76. The van der Waals surface area contributed by atoms with E-state index < -0.39 is 5.91 Å². The van der Waals surface area contributed by atoms with E-state index in [1.807, 2.05) is 24.3 Å². The van der Waals surface area contributed by atoms with Crippen LogP contribution in [-0.2, 0) is 0 Å². The van der Waals surface area contributed by atoms with Gasteiger partial charge in [0.05, 0.1) is 14.9 Å². The predicted octanol–water partition coefficient (Wildman–Crippen LogP) is 2.77. The fraction of sp³-hybridized carbons (Fsp3) is 0.0588. The molecule has 0 bridgehead atoms. The number of hydrazone groups is 1. The molecule has 1 aromatic carbocycles. The number of hydrogen-bond acceptors (Lipinski definition) is 9. The van der Waals surface area contributed by atoms with Crippen molar-refractivity contribution in [3.8, 4) is 17.1 Å². The number of benzene rings is 1. The van der Waals surface area contributed by atoms with E-state index in [2.05, 4.69) is 35.8 Å². The molecule has 4 aromatic rings. The Labute approximate surface area is 172 Å². The van der Waals surface area contributed by atoms with Gasteiger partial charge < -0.3 is 5.73 Å². The second-order valence-electron chi connectivity index (χ2n) is 5.78. The Bertz CT molecular complexity index is 1200. The van der Waals surface area contributed by atoms with Crippen LogP contribution in [0.5, 0.6) is 0 Å². The Balaban J connectivity index is 1.73. The molecule has 0 radical (unpaired) electrons. The van der Waals surface area contributed by atoms with Crippen molar-refractivity contribution in [3.05, 3.63) is 57.4 Å². The third-order valence-corrected chi connectivity index (χ3v) is 5.22. The normalized spacial score (nSPS) is 11.6. The van der Waals surface area contributed by atoms with Crippen LogP contribution in [0.25, 0.3) is 17.1 Å². The molecule has 29 heavy (non-hydrogen) atoms. The molecule has 0 aliphatic carbocycles. The summed E-state index contributed by atoms with van der Waals surface area (Å²) >= 11 is 7.31. The molecule has 12 heteroatoms. The molecule has 0 spiro atoms. The van der Waals surface area contributed by atoms with E-state index in [1.165, 1.54) is 11.3 Å². The SMILES string of the molecule is C/C(=N\NC(=O)c1c(-c2ccccc2)nnn1-c1nonc1N)c1ccc(Cl)s1. The van der Waals surface area contributed by atoms with Gasteiger partial charge in [-0.3, -0.25) is 4.79 Å². The summed E-state index contributed by atoms with van der Waals surface area (Å²) in [5.41, 5.74) is 9.97. The summed E-state index contributed by atoms with van der Waals surface area (Å²) in [6.07, 6.45) is 0. The third-order valence-electron chi connectivity index (χ3n) is 3.88. The number of carbonyl (C=O) groups is 1. The lowest BCUT2D eigenvalue weighted by Gasteiger charge is -2.05. The van der Waals surface area contributed by atoms with Crippen molar-refractivity contribution in [1.29, 1.82) is 0 Å². The number of nitrogens with one attached hydrogen (secondary N) is 1. The fourth-order valence-corrected chi connectivity index (χ4v) is 3.50. The van der Waals surface area contributed by atoms with Crippen LogP contribution in [0.15, 0.2) is 52.2 Å². The standard InChI is InChI=1S/C17H13ClN8O2S/c1-9(11-7-8-12(18)29-11)20-22-17(27)14-13(10-5-3-2-4-6-10)21-25-26(14)16-15(19)23-28-24-16/h2-8H,1H3,(H2,19,23)(H,22,27)/b20-9+. The summed E-state index contributed by atoms with van der Waals surface area (Å²) < 4.78 is 6.42. The van der Waals surface area contributed by atoms with Crippen LogP contribution in [0, 0.1) is 0 Å². The highest BCUT2D eigenvalue weighted by atomic mass is 35.5. The molecular formula is C17H13ClN8O2S. The van der Waals surface area contributed by atoms with Gasteiger partial charge in [-0.05, 0) is 29.4 Å². The average Bonchev–Trinajstić information content (AvgIpc) is 3.45. The molecule has 10 nitrogen and oxygen atoms in total. The van der Waals surface area contributed by atoms with E-state index >= 15 is 0 Å². The number of rotatable bonds is 5. The molecule has 146 valence electrons. The van der Waals surface area contributed by atoms with Gasteiger partial charge in [-0.1, -0.05) is 47.1 Å². The summed E-state index contributed by atoms with van der Waals surface area (Å²) in [5.74, 6) is -0.537. The average molecular weight is 429 g/mol. The quantitative estimate of drug-likeness (QED) is 0.368. The lowest BCUT2D eigenvalue weighted by Crippen LogP contribution is -2.23. The minimum Gasteiger partial charge on any atom is -0.378 e. The van der Waals surface area contributed by atoms with E-state index in [1.54, 1.807) is 25.1 Å². The van der Waals surface area contributed by atoms with Crippen molar-refractivity contribution in [3.63, 3.8) is 0 Å². The van der Waals surface area contributed by atoms with E-state index in [9.17, 15) is 4.79 Å². The number of aromatic nitrogens is 5.